The highest BCUT2D eigenvalue weighted by atomic mass is 16.6. The molecule has 21 heavy (non-hydrogen) atoms. The first-order valence-corrected chi connectivity index (χ1v) is 8.69. The highest BCUT2D eigenvalue weighted by molar-refractivity contribution is 5.68. The summed E-state index contributed by atoms with van der Waals surface area (Å²) in [7, 11) is 0. The van der Waals surface area contributed by atoms with Gasteiger partial charge in [0, 0.05) is 18.1 Å². The van der Waals surface area contributed by atoms with Crippen LogP contribution in [0.2, 0.25) is 0 Å². The summed E-state index contributed by atoms with van der Waals surface area (Å²) in [5.74, 6) is 0. The van der Waals surface area contributed by atoms with Crippen LogP contribution in [-0.4, -0.2) is 29.8 Å². The minimum absolute atomic E-state index is 0.225. The third kappa shape index (κ3) is 5.85. The van der Waals surface area contributed by atoms with Gasteiger partial charge in [-0.1, -0.05) is 25.7 Å². The third-order valence-electron chi connectivity index (χ3n) is 4.52. The smallest absolute Gasteiger partial charge is 0.407 e. The van der Waals surface area contributed by atoms with Crippen LogP contribution in [-0.2, 0) is 4.74 Å². The van der Waals surface area contributed by atoms with Gasteiger partial charge < -0.3 is 15.4 Å². The number of nitrogens with one attached hydrogen (secondary N) is 2. The minimum atomic E-state index is -0.424. The van der Waals surface area contributed by atoms with E-state index in [0.29, 0.717) is 12.1 Å². The van der Waals surface area contributed by atoms with E-state index < -0.39 is 5.60 Å². The van der Waals surface area contributed by atoms with Crippen LogP contribution in [0, 0.1) is 0 Å². The van der Waals surface area contributed by atoms with Crippen molar-refractivity contribution in [1.29, 1.82) is 0 Å². The van der Waals surface area contributed by atoms with Crippen molar-refractivity contribution in [2.75, 3.05) is 0 Å². The zero-order valence-electron chi connectivity index (χ0n) is 13.9. The van der Waals surface area contributed by atoms with E-state index in [4.69, 9.17) is 4.74 Å². The molecular formula is C17H32N2O2. The monoisotopic (exact) mass is 296 g/mol. The Hall–Kier alpha value is -0.770. The predicted molar refractivity (Wildman–Crippen MR) is 85.4 cm³/mol. The quantitative estimate of drug-likeness (QED) is 0.780. The fraction of sp³-hybridized carbons (Fsp3) is 0.941. The largest absolute Gasteiger partial charge is 0.444 e. The van der Waals surface area contributed by atoms with Gasteiger partial charge in [-0.2, -0.15) is 0 Å². The Morgan fingerprint density at radius 3 is 2.14 bits per heavy atom. The minimum Gasteiger partial charge on any atom is -0.444 e. The predicted octanol–water partition coefficient (Wildman–Crippen LogP) is 3.74. The maximum atomic E-state index is 11.9. The maximum absolute atomic E-state index is 11.9. The summed E-state index contributed by atoms with van der Waals surface area (Å²) >= 11 is 0. The van der Waals surface area contributed by atoms with Crippen LogP contribution in [0.15, 0.2) is 0 Å². The van der Waals surface area contributed by atoms with Crippen LogP contribution >= 0.6 is 0 Å². The molecule has 1 amide bonds. The molecule has 2 atom stereocenters. The number of hydrogen-bond acceptors (Lipinski definition) is 3. The number of carbonyl (C=O) groups is 1. The van der Waals surface area contributed by atoms with E-state index in [1.54, 1.807) is 0 Å². The molecule has 122 valence electrons. The van der Waals surface area contributed by atoms with Crippen LogP contribution in [0.4, 0.5) is 4.79 Å². The third-order valence-corrected chi connectivity index (χ3v) is 4.52. The highest BCUT2D eigenvalue weighted by Gasteiger charge is 2.31. The van der Waals surface area contributed by atoms with Gasteiger partial charge in [-0.15, -0.1) is 0 Å². The number of rotatable bonds is 3. The van der Waals surface area contributed by atoms with Gasteiger partial charge in [0.1, 0.15) is 5.60 Å². The van der Waals surface area contributed by atoms with E-state index in [1.807, 2.05) is 20.8 Å². The molecule has 0 heterocycles. The van der Waals surface area contributed by atoms with Crippen molar-refractivity contribution < 1.29 is 9.53 Å². The fourth-order valence-electron chi connectivity index (χ4n) is 3.54. The van der Waals surface area contributed by atoms with E-state index in [2.05, 4.69) is 10.6 Å². The number of ether oxygens (including phenoxy) is 1. The second-order valence-electron chi connectivity index (χ2n) is 7.65. The molecule has 2 saturated carbocycles. The summed E-state index contributed by atoms with van der Waals surface area (Å²) < 4.78 is 5.38. The average Bonchev–Trinajstić information content (AvgIpc) is 2.63. The molecule has 0 spiro atoms. The second kappa shape index (κ2) is 7.48. The molecule has 4 nitrogen and oxygen atoms in total. The Morgan fingerprint density at radius 1 is 0.905 bits per heavy atom. The van der Waals surface area contributed by atoms with E-state index in [1.165, 1.54) is 44.9 Å². The van der Waals surface area contributed by atoms with Crippen molar-refractivity contribution in [3.8, 4) is 0 Å². The molecule has 2 fully saturated rings. The molecule has 4 heteroatoms. The summed E-state index contributed by atoms with van der Waals surface area (Å²) in [5.41, 5.74) is -0.424. The van der Waals surface area contributed by atoms with Crippen molar-refractivity contribution in [1.82, 2.24) is 10.6 Å². The van der Waals surface area contributed by atoms with Crippen LogP contribution < -0.4 is 10.6 Å². The number of hydrogen-bond donors (Lipinski definition) is 2. The first kappa shape index (κ1) is 16.6. The highest BCUT2D eigenvalue weighted by Crippen LogP contribution is 2.24. The van der Waals surface area contributed by atoms with E-state index in [9.17, 15) is 4.79 Å². The molecule has 0 aromatic heterocycles. The lowest BCUT2D eigenvalue weighted by atomic mass is 10.1. The van der Waals surface area contributed by atoms with Crippen molar-refractivity contribution >= 4 is 6.09 Å². The average molecular weight is 296 g/mol. The van der Waals surface area contributed by atoms with Crippen LogP contribution in [0.5, 0.6) is 0 Å². The summed E-state index contributed by atoms with van der Waals surface area (Å²) in [6.45, 7) is 5.72. The topological polar surface area (TPSA) is 50.4 Å². The Kier molecular flexibility index (Phi) is 5.91. The summed E-state index contributed by atoms with van der Waals surface area (Å²) in [5, 5.41) is 6.87. The molecule has 0 bridgehead atoms. The second-order valence-corrected chi connectivity index (χ2v) is 7.65. The maximum Gasteiger partial charge on any atom is 0.407 e. The standard InChI is InChI=1S/C17H32N2O2/c1-17(2,3)21-16(20)19-15-12-8-11-14(15)18-13-9-6-4-5-7-10-13/h13-15,18H,4-12H2,1-3H3,(H,19,20). The van der Waals surface area contributed by atoms with Gasteiger partial charge in [0.15, 0.2) is 0 Å². The van der Waals surface area contributed by atoms with Gasteiger partial charge >= 0.3 is 6.09 Å². The molecular weight excluding hydrogens is 264 g/mol. The van der Waals surface area contributed by atoms with E-state index in [0.717, 1.165) is 12.8 Å². The van der Waals surface area contributed by atoms with Gasteiger partial charge in [0.05, 0.1) is 0 Å². The van der Waals surface area contributed by atoms with E-state index in [-0.39, 0.29) is 12.1 Å². The zero-order valence-corrected chi connectivity index (χ0v) is 13.9. The lowest BCUT2D eigenvalue weighted by Crippen LogP contribution is -2.50. The SMILES string of the molecule is CC(C)(C)OC(=O)NC1CCCC1NC1CCCCCC1. The normalized spacial score (nSPS) is 28.1. The Morgan fingerprint density at radius 2 is 1.52 bits per heavy atom. The van der Waals surface area contributed by atoms with Gasteiger partial charge in [0.25, 0.3) is 0 Å². The van der Waals surface area contributed by atoms with Crippen molar-refractivity contribution in [3.63, 3.8) is 0 Å². The molecule has 2 aliphatic carbocycles. The molecule has 2 aliphatic rings. The first-order valence-electron chi connectivity index (χ1n) is 8.69. The number of carbonyl (C=O) groups excluding carboxylic acids is 1. The lowest BCUT2D eigenvalue weighted by Gasteiger charge is -2.28. The van der Waals surface area contributed by atoms with E-state index >= 15 is 0 Å². The van der Waals surface area contributed by atoms with Gasteiger partial charge in [0.2, 0.25) is 0 Å². The molecule has 0 aliphatic heterocycles. The molecule has 0 aromatic carbocycles. The zero-order chi connectivity index (χ0) is 15.3. The Labute approximate surface area is 129 Å². The fourth-order valence-corrected chi connectivity index (χ4v) is 3.54. The molecule has 2 rings (SSSR count). The van der Waals surface area contributed by atoms with Gasteiger partial charge in [-0.25, -0.2) is 4.79 Å². The Bertz CT molecular complexity index is 330. The van der Waals surface area contributed by atoms with Crippen LogP contribution in [0.3, 0.4) is 0 Å². The van der Waals surface area contributed by atoms with Gasteiger partial charge in [-0.05, 0) is 52.9 Å². The van der Waals surface area contributed by atoms with Gasteiger partial charge in [-0.3, -0.25) is 0 Å². The molecule has 0 saturated heterocycles. The summed E-state index contributed by atoms with van der Waals surface area (Å²) in [4.78, 5) is 11.9. The summed E-state index contributed by atoms with van der Waals surface area (Å²) in [6, 6.07) is 1.28. The molecule has 0 aromatic rings. The number of alkyl carbamates (subject to hydrolysis) is 1. The Balaban J connectivity index is 1.80. The molecule has 2 unspecified atom stereocenters. The van der Waals surface area contributed by atoms with Crippen LogP contribution in [0.1, 0.15) is 78.6 Å². The molecule has 2 N–H and O–H groups in total. The summed E-state index contributed by atoms with van der Waals surface area (Å²) in [6.07, 6.45) is 11.1. The van der Waals surface area contributed by atoms with Crippen LogP contribution in [0.25, 0.3) is 0 Å². The van der Waals surface area contributed by atoms with Crippen molar-refractivity contribution in [2.24, 2.45) is 0 Å². The lowest BCUT2D eigenvalue weighted by molar-refractivity contribution is 0.0496. The van der Waals surface area contributed by atoms with Crippen molar-refractivity contribution in [2.45, 2.75) is 102 Å². The van der Waals surface area contributed by atoms with Crippen molar-refractivity contribution in [3.05, 3.63) is 0 Å². The molecule has 0 radical (unpaired) electrons. The first-order chi connectivity index (χ1) is 9.94. The number of amides is 1.